The highest BCUT2D eigenvalue weighted by Crippen LogP contribution is 2.38. The van der Waals surface area contributed by atoms with E-state index in [1.165, 1.54) is 12.1 Å². The van der Waals surface area contributed by atoms with E-state index < -0.39 is 27.5 Å². The molecule has 0 aliphatic carbocycles. The van der Waals surface area contributed by atoms with E-state index >= 15 is 0 Å². The van der Waals surface area contributed by atoms with Crippen molar-refractivity contribution < 1.29 is 19.6 Å². The van der Waals surface area contributed by atoms with Gasteiger partial charge in [-0.25, -0.2) is 0 Å². The first-order valence-electron chi connectivity index (χ1n) is 7.74. The Kier molecular flexibility index (Phi) is 5.33. The highest BCUT2D eigenvalue weighted by Gasteiger charge is 2.35. The predicted molar refractivity (Wildman–Crippen MR) is 105 cm³/mol. The van der Waals surface area contributed by atoms with E-state index in [1.54, 1.807) is 0 Å². The summed E-state index contributed by atoms with van der Waals surface area (Å²) < 4.78 is 0.373. The molecule has 0 bridgehead atoms. The number of thioether (sulfide) groups is 1. The minimum atomic E-state index is -0.721. The molecule has 9 heteroatoms. The highest BCUT2D eigenvalue weighted by atomic mass is 79.9. The quantitative estimate of drug-likeness (QED) is 0.416. The lowest BCUT2D eigenvalue weighted by Gasteiger charge is -2.14. The van der Waals surface area contributed by atoms with E-state index in [-0.39, 0.29) is 17.0 Å². The summed E-state index contributed by atoms with van der Waals surface area (Å²) in [5.41, 5.74) is 1.40. The summed E-state index contributed by atoms with van der Waals surface area (Å²) in [6.07, 6.45) is 1.29. The van der Waals surface area contributed by atoms with Crippen molar-refractivity contribution >= 4 is 50.6 Å². The first-order chi connectivity index (χ1) is 12.8. The van der Waals surface area contributed by atoms with Crippen LogP contribution in [0, 0.1) is 17.0 Å². The molecule has 1 saturated heterocycles. The second-order valence-electron chi connectivity index (χ2n) is 5.81. The maximum absolute atomic E-state index is 12.6. The average molecular weight is 449 g/mol. The summed E-state index contributed by atoms with van der Waals surface area (Å²) >= 11 is 3.87. The molecule has 1 heterocycles. The zero-order valence-electron chi connectivity index (χ0n) is 14.0. The Labute approximate surface area is 167 Å². The van der Waals surface area contributed by atoms with Gasteiger partial charge >= 0.3 is 5.69 Å². The number of phenols is 1. The summed E-state index contributed by atoms with van der Waals surface area (Å²) in [7, 11) is 0. The molecule has 3 rings (SSSR count). The molecule has 0 saturated carbocycles. The average Bonchev–Trinajstić information content (AvgIpc) is 2.87. The molecule has 0 spiro atoms. The smallest absolute Gasteiger partial charge is 0.312 e. The van der Waals surface area contributed by atoms with Gasteiger partial charge < -0.3 is 5.11 Å². The van der Waals surface area contributed by atoms with Gasteiger partial charge in [-0.1, -0.05) is 40.2 Å². The third kappa shape index (κ3) is 3.88. The number of hydrogen-bond donors (Lipinski definition) is 1. The van der Waals surface area contributed by atoms with Crippen LogP contribution in [0.5, 0.6) is 5.75 Å². The summed E-state index contributed by atoms with van der Waals surface area (Å²) in [6, 6.07) is 10.0. The van der Waals surface area contributed by atoms with Gasteiger partial charge in [-0.15, -0.1) is 0 Å². The monoisotopic (exact) mass is 448 g/mol. The third-order valence-electron chi connectivity index (χ3n) is 4.03. The Morgan fingerprint density at radius 1 is 1.30 bits per heavy atom. The number of nitrogens with zero attached hydrogens (tertiary/aromatic N) is 2. The molecule has 0 aromatic heterocycles. The summed E-state index contributed by atoms with van der Waals surface area (Å²) in [5.74, 6) is -1.07. The van der Waals surface area contributed by atoms with E-state index in [2.05, 4.69) is 15.9 Å². The van der Waals surface area contributed by atoms with Gasteiger partial charge in [0.2, 0.25) is 5.75 Å². The molecular formula is C18H13BrN2O5S. The number of carbonyl (C=O) groups is 2. The first kappa shape index (κ1) is 19.1. The van der Waals surface area contributed by atoms with Crippen LogP contribution in [0.25, 0.3) is 6.08 Å². The number of amides is 2. The number of carbonyl (C=O) groups excluding carboxylic acids is 2. The molecule has 1 fully saturated rings. The van der Waals surface area contributed by atoms with Crippen molar-refractivity contribution in [1.82, 2.24) is 4.90 Å². The van der Waals surface area contributed by atoms with Crippen LogP contribution in [0.2, 0.25) is 0 Å². The van der Waals surface area contributed by atoms with Gasteiger partial charge in [0.15, 0.2) is 0 Å². The van der Waals surface area contributed by atoms with Crippen molar-refractivity contribution in [2.75, 3.05) is 0 Å². The van der Waals surface area contributed by atoms with E-state index in [0.29, 0.717) is 4.47 Å². The Hall–Kier alpha value is -2.65. The molecule has 0 radical (unpaired) electrons. The van der Waals surface area contributed by atoms with Gasteiger partial charge in [0.05, 0.1) is 16.4 Å². The van der Waals surface area contributed by atoms with Gasteiger partial charge in [-0.05, 0) is 42.0 Å². The number of benzene rings is 2. The number of aromatic hydroxyl groups is 1. The van der Waals surface area contributed by atoms with Gasteiger partial charge in [-0.3, -0.25) is 24.6 Å². The van der Waals surface area contributed by atoms with Crippen molar-refractivity contribution in [3.05, 3.63) is 72.6 Å². The minimum Gasteiger partial charge on any atom is -0.502 e. The Morgan fingerprint density at radius 3 is 2.67 bits per heavy atom. The van der Waals surface area contributed by atoms with Crippen LogP contribution in [0.15, 0.2) is 45.8 Å². The van der Waals surface area contributed by atoms with Crippen molar-refractivity contribution in [3.8, 4) is 5.75 Å². The molecule has 2 amide bonds. The molecule has 2 aromatic carbocycles. The molecule has 7 nitrogen and oxygen atoms in total. The second kappa shape index (κ2) is 7.53. The normalized spacial score (nSPS) is 15.6. The van der Waals surface area contributed by atoms with Crippen LogP contribution in [0.4, 0.5) is 10.5 Å². The number of halogens is 1. The van der Waals surface area contributed by atoms with E-state index in [1.807, 2.05) is 31.2 Å². The lowest BCUT2D eigenvalue weighted by Crippen LogP contribution is -2.27. The zero-order chi connectivity index (χ0) is 19.7. The number of imide groups is 1. The zero-order valence-corrected chi connectivity index (χ0v) is 16.4. The van der Waals surface area contributed by atoms with Crippen LogP contribution in [-0.4, -0.2) is 26.1 Å². The molecule has 0 unspecified atom stereocenters. The SMILES string of the molecule is Cc1ccccc1CN1C(=O)S/C(=C\c2cc(Br)cc([N+](=O)[O-])c2O)C1=O. The Balaban J connectivity index is 1.93. The fraction of sp³-hybridized carbons (Fsp3) is 0.111. The summed E-state index contributed by atoms with van der Waals surface area (Å²) in [6.45, 7) is 2.03. The van der Waals surface area contributed by atoms with Gasteiger partial charge in [0.1, 0.15) is 0 Å². The Morgan fingerprint density at radius 2 is 2.00 bits per heavy atom. The molecule has 1 aliphatic rings. The van der Waals surface area contributed by atoms with E-state index in [0.717, 1.165) is 33.9 Å². The molecular weight excluding hydrogens is 436 g/mol. The largest absolute Gasteiger partial charge is 0.502 e. The fourth-order valence-corrected chi connectivity index (χ4v) is 3.88. The predicted octanol–water partition coefficient (Wildman–Crippen LogP) is 4.61. The van der Waals surface area contributed by atoms with Crippen molar-refractivity contribution in [1.29, 1.82) is 0 Å². The number of phenolic OH excluding ortho intramolecular Hbond substituents is 1. The van der Waals surface area contributed by atoms with Gasteiger partial charge in [-0.2, -0.15) is 0 Å². The third-order valence-corrected chi connectivity index (χ3v) is 5.40. The van der Waals surface area contributed by atoms with Crippen LogP contribution in [-0.2, 0) is 11.3 Å². The number of nitro groups is 1. The highest BCUT2D eigenvalue weighted by molar-refractivity contribution is 9.10. The molecule has 1 aliphatic heterocycles. The molecule has 27 heavy (non-hydrogen) atoms. The standard InChI is InChI=1S/C18H13BrN2O5S/c1-10-4-2-3-5-11(10)9-20-17(23)15(27-18(20)24)7-12-6-13(19)8-14(16(12)22)21(25)26/h2-8,22H,9H2,1H3/b15-7-. The van der Waals surface area contributed by atoms with E-state index in [9.17, 15) is 24.8 Å². The maximum Gasteiger partial charge on any atom is 0.312 e. The van der Waals surface area contributed by atoms with Crippen LogP contribution >= 0.6 is 27.7 Å². The van der Waals surface area contributed by atoms with Crippen molar-refractivity contribution in [2.45, 2.75) is 13.5 Å². The lowest BCUT2D eigenvalue weighted by atomic mass is 10.1. The van der Waals surface area contributed by atoms with Gasteiger partial charge in [0.25, 0.3) is 11.1 Å². The second-order valence-corrected chi connectivity index (χ2v) is 7.72. The topological polar surface area (TPSA) is 101 Å². The lowest BCUT2D eigenvalue weighted by molar-refractivity contribution is -0.385. The molecule has 0 atom stereocenters. The van der Waals surface area contributed by atoms with Gasteiger partial charge in [0, 0.05) is 16.1 Å². The number of aryl methyl sites for hydroxylation is 1. The van der Waals surface area contributed by atoms with Crippen LogP contribution in [0.3, 0.4) is 0 Å². The fourth-order valence-electron chi connectivity index (χ4n) is 2.59. The summed E-state index contributed by atoms with van der Waals surface area (Å²) in [5, 5.41) is 20.7. The molecule has 2 aromatic rings. The van der Waals surface area contributed by atoms with Crippen LogP contribution < -0.4 is 0 Å². The Bertz CT molecular complexity index is 1010. The number of rotatable bonds is 4. The van der Waals surface area contributed by atoms with E-state index in [4.69, 9.17) is 0 Å². The van der Waals surface area contributed by atoms with Crippen LogP contribution in [0.1, 0.15) is 16.7 Å². The minimum absolute atomic E-state index is 0.0810. The first-order valence-corrected chi connectivity index (χ1v) is 9.35. The number of nitro benzene ring substituents is 1. The molecule has 1 N–H and O–H groups in total. The van der Waals surface area contributed by atoms with Crippen molar-refractivity contribution in [3.63, 3.8) is 0 Å². The maximum atomic E-state index is 12.6. The summed E-state index contributed by atoms with van der Waals surface area (Å²) in [4.78, 5) is 36.4. The van der Waals surface area contributed by atoms with Crippen molar-refractivity contribution in [2.24, 2.45) is 0 Å². The molecule has 138 valence electrons. The number of hydrogen-bond acceptors (Lipinski definition) is 6.